The molecule has 0 aliphatic carbocycles. The van der Waals surface area contributed by atoms with Crippen molar-refractivity contribution in [3.05, 3.63) is 65.9 Å². The summed E-state index contributed by atoms with van der Waals surface area (Å²) in [7, 11) is 3.19. The summed E-state index contributed by atoms with van der Waals surface area (Å²) in [5, 5.41) is 2.99. The van der Waals surface area contributed by atoms with E-state index in [1.807, 2.05) is 18.2 Å². The fraction of sp³-hybridized carbons (Fsp3) is 0.250. The SMILES string of the molecule is COc1ncccc1-c1cc(NC(=O)c2ccc(N)cc2)c(OC)c(C(C)(C)C)c1. The van der Waals surface area contributed by atoms with Crippen molar-refractivity contribution in [1.29, 1.82) is 0 Å². The summed E-state index contributed by atoms with van der Waals surface area (Å²) in [5.74, 6) is 0.889. The average Bonchev–Trinajstić information content (AvgIpc) is 2.73. The summed E-state index contributed by atoms with van der Waals surface area (Å²) < 4.78 is 11.2. The first-order valence-corrected chi connectivity index (χ1v) is 9.63. The predicted molar refractivity (Wildman–Crippen MR) is 120 cm³/mol. The van der Waals surface area contributed by atoms with E-state index in [-0.39, 0.29) is 11.3 Å². The van der Waals surface area contributed by atoms with Crippen molar-refractivity contribution in [3.8, 4) is 22.8 Å². The van der Waals surface area contributed by atoms with E-state index in [0.717, 1.165) is 16.7 Å². The van der Waals surface area contributed by atoms with Crippen LogP contribution in [-0.2, 0) is 5.41 Å². The number of methoxy groups -OCH3 is 2. The number of nitrogen functional groups attached to an aromatic ring is 1. The van der Waals surface area contributed by atoms with E-state index >= 15 is 0 Å². The van der Waals surface area contributed by atoms with Gasteiger partial charge in [0, 0.05) is 28.6 Å². The molecule has 3 rings (SSSR count). The molecule has 0 spiro atoms. The van der Waals surface area contributed by atoms with Crippen LogP contribution in [0.4, 0.5) is 11.4 Å². The molecule has 0 fully saturated rings. The van der Waals surface area contributed by atoms with Crippen LogP contribution in [0.1, 0.15) is 36.7 Å². The molecule has 6 heteroatoms. The summed E-state index contributed by atoms with van der Waals surface area (Å²) in [6, 6.07) is 14.5. The molecule has 0 aliphatic heterocycles. The number of nitrogens with two attached hydrogens (primary N) is 1. The number of carbonyl (C=O) groups excluding carboxylic acids is 1. The number of anilines is 2. The fourth-order valence-corrected chi connectivity index (χ4v) is 3.26. The number of benzene rings is 2. The van der Waals surface area contributed by atoms with Gasteiger partial charge < -0.3 is 20.5 Å². The third kappa shape index (κ3) is 4.38. The Hall–Kier alpha value is -3.54. The maximum atomic E-state index is 12.9. The van der Waals surface area contributed by atoms with Crippen LogP contribution in [0.3, 0.4) is 0 Å². The molecule has 1 amide bonds. The fourth-order valence-electron chi connectivity index (χ4n) is 3.26. The van der Waals surface area contributed by atoms with Gasteiger partial charge >= 0.3 is 0 Å². The Morgan fingerprint density at radius 1 is 1.03 bits per heavy atom. The van der Waals surface area contributed by atoms with Gasteiger partial charge in [0.15, 0.2) is 0 Å². The largest absolute Gasteiger partial charge is 0.494 e. The highest BCUT2D eigenvalue weighted by Gasteiger charge is 2.24. The van der Waals surface area contributed by atoms with Crippen molar-refractivity contribution in [2.75, 3.05) is 25.3 Å². The maximum absolute atomic E-state index is 12.9. The van der Waals surface area contributed by atoms with E-state index in [2.05, 4.69) is 37.1 Å². The van der Waals surface area contributed by atoms with Gasteiger partial charge in [-0.3, -0.25) is 4.79 Å². The molecule has 0 unspecified atom stereocenters. The number of ether oxygens (including phenoxy) is 2. The summed E-state index contributed by atoms with van der Waals surface area (Å²) in [5.41, 5.74) is 9.86. The lowest BCUT2D eigenvalue weighted by molar-refractivity contribution is 0.102. The average molecular weight is 405 g/mol. The van der Waals surface area contributed by atoms with Crippen molar-refractivity contribution < 1.29 is 14.3 Å². The van der Waals surface area contributed by atoms with Crippen LogP contribution in [0.15, 0.2) is 54.7 Å². The van der Waals surface area contributed by atoms with E-state index in [9.17, 15) is 4.79 Å². The van der Waals surface area contributed by atoms with Gasteiger partial charge in [0.2, 0.25) is 5.88 Å². The van der Waals surface area contributed by atoms with Gasteiger partial charge in [-0.2, -0.15) is 0 Å². The Morgan fingerprint density at radius 2 is 1.73 bits per heavy atom. The lowest BCUT2D eigenvalue weighted by Gasteiger charge is -2.25. The number of nitrogens with zero attached hydrogens (tertiary/aromatic N) is 1. The molecular formula is C24H27N3O3. The molecule has 0 aliphatic rings. The van der Waals surface area contributed by atoms with Gasteiger partial charge in [0.05, 0.1) is 19.9 Å². The normalized spacial score (nSPS) is 11.1. The Kier molecular flexibility index (Phi) is 5.96. The topological polar surface area (TPSA) is 86.5 Å². The van der Waals surface area contributed by atoms with E-state index in [4.69, 9.17) is 15.2 Å². The number of hydrogen-bond acceptors (Lipinski definition) is 5. The second-order valence-corrected chi connectivity index (χ2v) is 7.99. The highest BCUT2D eigenvalue weighted by molar-refractivity contribution is 6.05. The predicted octanol–water partition coefficient (Wildman–Crippen LogP) is 4.90. The highest BCUT2D eigenvalue weighted by Crippen LogP contribution is 2.42. The van der Waals surface area contributed by atoms with Gasteiger partial charge in [-0.05, 0) is 59.5 Å². The van der Waals surface area contributed by atoms with Crippen molar-refractivity contribution in [2.45, 2.75) is 26.2 Å². The van der Waals surface area contributed by atoms with Crippen LogP contribution in [0.2, 0.25) is 0 Å². The number of aromatic nitrogens is 1. The minimum atomic E-state index is -0.247. The Balaban J connectivity index is 2.15. The van der Waals surface area contributed by atoms with Crippen LogP contribution in [-0.4, -0.2) is 25.1 Å². The molecule has 0 bridgehead atoms. The molecule has 0 saturated carbocycles. The van der Waals surface area contributed by atoms with Crippen molar-refractivity contribution >= 4 is 17.3 Å². The molecule has 3 N–H and O–H groups in total. The number of rotatable bonds is 5. The smallest absolute Gasteiger partial charge is 0.255 e. The molecule has 0 radical (unpaired) electrons. The minimum absolute atomic E-state index is 0.225. The second kappa shape index (κ2) is 8.45. The first-order chi connectivity index (χ1) is 14.2. The molecule has 6 nitrogen and oxygen atoms in total. The van der Waals surface area contributed by atoms with Gasteiger partial charge in [0.1, 0.15) is 5.75 Å². The zero-order chi connectivity index (χ0) is 21.9. The summed E-state index contributed by atoms with van der Waals surface area (Å²) in [6.45, 7) is 6.29. The Morgan fingerprint density at radius 3 is 2.33 bits per heavy atom. The lowest BCUT2D eigenvalue weighted by atomic mass is 9.84. The molecule has 2 aromatic carbocycles. The zero-order valence-corrected chi connectivity index (χ0v) is 17.9. The van der Waals surface area contributed by atoms with Gasteiger partial charge in [-0.25, -0.2) is 4.98 Å². The van der Waals surface area contributed by atoms with E-state index in [1.165, 1.54) is 0 Å². The van der Waals surface area contributed by atoms with E-state index in [1.54, 1.807) is 44.7 Å². The molecule has 3 aromatic rings. The standard InChI is InChI=1S/C24H27N3O3/c1-24(2,3)19-13-16(18-7-6-12-26-23(18)30-5)14-20(21(19)29-4)27-22(28)15-8-10-17(25)11-9-15/h6-14H,25H2,1-5H3,(H,27,28). The van der Waals surface area contributed by atoms with E-state index in [0.29, 0.717) is 28.6 Å². The molecule has 1 heterocycles. The van der Waals surface area contributed by atoms with Crippen LogP contribution < -0.4 is 20.5 Å². The first-order valence-electron chi connectivity index (χ1n) is 9.63. The zero-order valence-electron chi connectivity index (χ0n) is 17.9. The Bertz CT molecular complexity index is 1050. The monoisotopic (exact) mass is 405 g/mol. The van der Waals surface area contributed by atoms with Gasteiger partial charge in [0.25, 0.3) is 5.91 Å². The van der Waals surface area contributed by atoms with Crippen molar-refractivity contribution in [2.24, 2.45) is 0 Å². The quantitative estimate of drug-likeness (QED) is 0.590. The van der Waals surface area contributed by atoms with Crippen LogP contribution >= 0.6 is 0 Å². The number of nitrogens with one attached hydrogen (secondary N) is 1. The van der Waals surface area contributed by atoms with Gasteiger partial charge in [-0.1, -0.05) is 20.8 Å². The highest BCUT2D eigenvalue weighted by atomic mass is 16.5. The van der Waals surface area contributed by atoms with Crippen LogP contribution in [0.25, 0.3) is 11.1 Å². The Labute approximate surface area is 177 Å². The van der Waals surface area contributed by atoms with Crippen molar-refractivity contribution in [1.82, 2.24) is 4.98 Å². The molecular weight excluding hydrogens is 378 g/mol. The number of pyridine rings is 1. The maximum Gasteiger partial charge on any atom is 0.255 e. The van der Waals surface area contributed by atoms with E-state index < -0.39 is 0 Å². The number of amides is 1. The molecule has 0 atom stereocenters. The first kappa shape index (κ1) is 21.2. The molecule has 30 heavy (non-hydrogen) atoms. The molecule has 0 saturated heterocycles. The summed E-state index contributed by atoms with van der Waals surface area (Å²) >= 11 is 0. The number of hydrogen-bond donors (Lipinski definition) is 2. The van der Waals surface area contributed by atoms with Crippen LogP contribution in [0, 0.1) is 0 Å². The van der Waals surface area contributed by atoms with Crippen LogP contribution in [0.5, 0.6) is 11.6 Å². The third-order valence-electron chi connectivity index (χ3n) is 4.80. The third-order valence-corrected chi connectivity index (χ3v) is 4.80. The summed E-state index contributed by atoms with van der Waals surface area (Å²) in [6.07, 6.45) is 1.68. The molecule has 1 aromatic heterocycles. The second-order valence-electron chi connectivity index (χ2n) is 7.99. The van der Waals surface area contributed by atoms with Crippen molar-refractivity contribution in [3.63, 3.8) is 0 Å². The van der Waals surface area contributed by atoms with Gasteiger partial charge in [-0.15, -0.1) is 0 Å². The molecule has 156 valence electrons. The number of carbonyl (C=O) groups is 1. The minimum Gasteiger partial charge on any atom is -0.494 e. The lowest BCUT2D eigenvalue weighted by Crippen LogP contribution is -2.17. The summed E-state index contributed by atoms with van der Waals surface area (Å²) in [4.78, 5) is 17.2.